The summed E-state index contributed by atoms with van der Waals surface area (Å²) in [6.45, 7) is 12.2. The van der Waals surface area contributed by atoms with Gasteiger partial charge in [-0.3, -0.25) is 14.4 Å². The van der Waals surface area contributed by atoms with Gasteiger partial charge in [0, 0.05) is 0 Å². The number of carboxylic acid groups (broad SMARTS) is 1. The molecule has 0 heterocycles. The monoisotopic (exact) mass is 444 g/mol. The van der Waals surface area contributed by atoms with Crippen molar-refractivity contribution >= 4 is 23.7 Å². The van der Waals surface area contributed by atoms with Crippen molar-refractivity contribution in [2.24, 2.45) is 23.5 Å². The molecule has 0 saturated carbocycles. The summed E-state index contributed by atoms with van der Waals surface area (Å²) in [5.41, 5.74) is 5.65. The van der Waals surface area contributed by atoms with E-state index in [1.807, 2.05) is 27.7 Å². The molecule has 0 rings (SSSR count). The van der Waals surface area contributed by atoms with Gasteiger partial charge in [0.05, 0.1) is 6.10 Å². The first-order chi connectivity index (χ1) is 14.2. The highest BCUT2D eigenvalue weighted by molar-refractivity contribution is 5.94. The summed E-state index contributed by atoms with van der Waals surface area (Å²) in [5, 5.41) is 26.5. The topological polar surface area (TPSA) is 171 Å². The molecule has 0 aliphatic heterocycles. The van der Waals surface area contributed by atoms with E-state index in [1.165, 1.54) is 6.92 Å². The molecular weight excluding hydrogens is 404 g/mol. The van der Waals surface area contributed by atoms with Crippen LogP contribution >= 0.6 is 0 Å². The fraction of sp³-hybridized carbons (Fsp3) is 0.810. The van der Waals surface area contributed by atoms with E-state index in [1.54, 1.807) is 13.8 Å². The molecular formula is C21H40N4O6. The first-order valence-corrected chi connectivity index (χ1v) is 10.7. The SMILES string of the molecule is CC(C)CC(NC(=O)C(CC(C)C)NC(=O)C(N)C(C)O)C(=O)NC(C(=O)O)C(C)C. The number of aliphatic hydroxyl groups excluding tert-OH is 1. The summed E-state index contributed by atoms with van der Waals surface area (Å²) in [5.74, 6) is -3.25. The molecule has 10 nitrogen and oxygen atoms in total. The highest BCUT2D eigenvalue weighted by Crippen LogP contribution is 2.10. The number of hydrogen-bond donors (Lipinski definition) is 6. The second-order valence-corrected chi connectivity index (χ2v) is 9.22. The standard InChI is InChI=1S/C21H40N4O6/c1-10(2)8-14(24-20(29)16(22)13(7)26)18(27)23-15(9-11(3)4)19(28)25-17(12(5)6)21(30)31/h10-17,26H,8-9,22H2,1-7H3,(H,23,27)(H,24,29)(H,25,28)(H,30,31). The fourth-order valence-corrected chi connectivity index (χ4v) is 2.93. The van der Waals surface area contributed by atoms with Crippen molar-refractivity contribution in [3.8, 4) is 0 Å². The van der Waals surface area contributed by atoms with Gasteiger partial charge in [0.15, 0.2) is 0 Å². The minimum absolute atomic E-state index is 0.0418. The van der Waals surface area contributed by atoms with E-state index >= 15 is 0 Å². The van der Waals surface area contributed by atoms with Gasteiger partial charge in [-0.2, -0.15) is 0 Å². The van der Waals surface area contributed by atoms with Gasteiger partial charge in [-0.05, 0) is 37.5 Å². The molecule has 180 valence electrons. The van der Waals surface area contributed by atoms with E-state index in [9.17, 15) is 29.4 Å². The highest BCUT2D eigenvalue weighted by Gasteiger charge is 2.32. The quantitative estimate of drug-likeness (QED) is 0.232. The molecule has 0 spiro atoms. The number of nitrogens with two attached hydrogens (primary N) is 1. The Morgan fingerprint density at radius 3 is 1.45 bits per heavy atom. The van der Waals surface area contributed by atoms with Gasteiger partial charge in [0.25, 0.3) is 0 Å². The zero-order chi connectivity index (χ0) is 24.5. The van der Waals surface area contributed by atoms with Crippen LogP contribution < -0.4 is 21.7 Å². The maximum Gasteiger partial charge on any atom is 0.326 e. The number of carbonyl (C=O) groups is 4. The molecule has 0 aliphatic rings. The zero-order valence-electron chi connectivity index (χ0n) is 19.6. The molecule has 0 radical (unpaired) electrons. The van der Waals surface area contributed by atoms with Gasteiger partial charge in [-0.25, -0.2) is 4.79 Å². The number of carboxylic acids is 1. The molecule has 0 bridgehead atoms. The lowest BCUT2D eigenvalue weighted by atomic mass is 9.98. The lowest BCUT2D eigenvalue weighted by Crippen LogP contribution is -2.58. The van der Waals surface area contributed by atoms with Crippen LogP contribution in [0.25, 0.3) is 0 Å². The van der Waals surface area contributed by atoms with E-state index in [0.717, 1.165) is 0 Å². The third-order valence-corrected chi connectivity index (χ3v) is 4.73. The average Bonchev–Trinajstić information content (AvgIpc) is 2.62. The highest BCUT2D eigenvalue weighted by atomic mass is 16.4. The third-order valence-electron chi connectivity index (χ3n) is 4.73. The van der Waals surface area contributed by atoms with Crippen LogP contribution in [-0.2, 0) is 19.2 Å². The zero-order valence-corrected chi connectivity index (χ0v) is 19.6. The van der Waals surface area contributed by atoms with Gasteiger partial charge in [0.2, 0.25) is 17.7 Å². The molecule has 0 aromatic rings. The van der Waals surface area contributed by atoms with Crippen molar-refractivity contribution < 1.29 is 29.4 Å². The normalized spacial score (nSPS) is 16.4. The second kappa shape index (κ2) is 13.3. The Balaban J connectivity index is 5.51. The summed E-state index contributed by atoms with van der Waals surface area (Å²) in [7, 11) is 0. The van der Waals surface area contributed by atoms with Gasteiger partial charge in [0.1, 0.15) is 24.2 Å². The lowest BCUT2D eigenvalue weighted by Gasteiger charge is -2.27. The van der Waals surface area contributed by atoms with Crippen LogP contribution in [0.5, 0.6) is 0 Å². The Hall–Kier alpha value is -2.20. The molecule has 5 unspecified atom stereocenters. The molecule has 31 heavy (non-hydrogen) atoms. The fourth-order valence-electron chi connectivity index (χ4n) is 2.93. The van der Waals surface area contributed by atoms with Crippen LogP contribution in [0.15, 0.2) is 0 Å². The van der Waals surface area contributed by atoms with Crippen LogP contribution in [0.3, 0.4) is 0 Å². The Kier molecular flexibility index (Phi) is 12.3. The Morgan fingerprint density at radius 1 is 0.742 bits per heavy atom. The molecule has 3 amide bonds. The van der Waals surface area contributed by atoms with Crippen LogP contribution in [0.2, 0.25) is 0 Å². The molecule has 0 aromatic heterocycles. The van der Waals surface area contributed by atoms with Gasteiger partial charge >= 0.3 is 5.97 Å². The lowest BCUT2D eigenvalue weighted by molar-refractivity contribution is -0.143. The van der Waals surface area contributed by atoms with E-state index < -0.39 is 54.0 Å². The maximum atomic E-state index is 12.9. The van der Waals surface area contributed by atoms with Crippen LogP contribution in [0.1, 0.15) is 61.3 Å². The first kappa shape index (κ1) is 28.8. The largest absolute Gasteiger partial charge is 0.480 e. The van der Waals surface area contributed by atoms with Crippen LogP contribution in [0, 0.1) is 17.8 Å². The van der Waals surface area contributed by atoms with Crippen molar-refractivity contribution in [3.05, 3.63) is 0 Å². The van der Waals surface area contributed by atoms with Gasteiger partial charge < -0.3 is 31.9 Å². The average molecular weight is 445 g/mol. The molecule has 10 heteroatoms. The van der Waals surface area contributed by atoms with Crippen LogP contribution in [-0.4, -0.2) is 64.2 Å². The number of hydrogen-bond acceptors (Lipinski definition) is 6. The molecule has 7 N–H and O–H groups in total. The summed E-state index contributed by atoms with van der Waals surface area (Å²) in [6.07, 6.45) is -0.507. The van der Waals surface area contributed by atoms with E-state index in [-0.39, 0.29) is 24.2 Å². The van der Waals surface area contributed by atoms with Crippen molar-refractivity contribution in [2.45, 2.75) is 91.6 Å². The van der Waals surface area contributed by atoms with Crippen molar-refractivity contribution in [3.63, 3.8) is 0 Å². The number of amides is 3. The predicted molar refractivity (Wildman–Crippen MR) is 117 cm³/mol. The minimum Gasteiger partial charge on any atom is -0.480 e. The van der Waals surface area contributed by atoms with Crippen molar-refractivity contribution in [1.29, 1.82) is 0 Å². The van der Waals surface area contributed by atoms with Crippen LogP contribution in [0.4, 0.5) is 0 Å². The van der Waals surface area contributed by atoms with Crippen molar-refractivity contribution in [2.75, 3.05) is 0 Å². The van der Waals surface area contributed by atoms with E-state index in [2.05, 4.69) is 16.0 Å². The summed E-state index contributed by atoms with van der Waals surface area (Å²) < 4.78 is 0. The summed E-state index contributed by atoms with van der Waals surface area (Å²) in [4.78, 5) is 49.4. The maximum absolute atomic E-state index is 12.9. The number of carbonyl (C=O) groups excluding carboxylic acids is 3. The second-order valence-electron chi connectivity index (χ2n) is 9.22. The third kappa shape index (κ3) is 10.6. The molecule has 0 saturated heterocycles. The first-order valence-electron chi connectivity index (χ1n) is 10.7. The van der Waals surface area contributed by atoms with E-state index in [0.29, 0.717) is 6.42 Å². The smallest absolute Gasteiger partial charge is 0.326 e. The number of nitrogens with one attached hydrogen (secondary N) is 3. The molecule has 0 aliphatic carbocycles. The van der Waals surface area contributed by atoms with E-state index in [4.69, 9.17) is 5.73 Å². The summed E-state index contributed by atoms with van der Waals surface area (Å²) >= 11 is 0. The Labute approximate surface area is 184 Å². The van der Waals surface area contributed by atoms with Gasteiger partial charge in [-0.1, -0.05) is 41.5 Å². The van der Waals surface area contributed by atoms with Crippen molar-refractivity contribution in [1.82, 2.24) is 16.0 Å². The number of rotatable bonds is 13. The van der Waals surface area contributed by atoms with Gasteiger partial charge in [-0.15, -0.1) is 0 Å². The minimum atomic E-state index is -1.19. The Bertz CT molecular complexity index is 621. The predicted octanol–water partition coefficient (Wildman–Crippen LogP) is -0.0183. The number of aliphatic hydroxyl groups is 1. The Morgan fingerprint density at radius 2 is 1.13 bits per heavy atom. The number of aliphatic carboxylic acids is 1. The molecule has 0 fully saturated rings. The molecule has 0 aromatic carbocycles. The summed E-state index contributed by atoms with van der Waals surface area (Å²) in [6, 6.07) is -4.21. The molecule has 5 atom stereocenters.